The molecule has 0 heterocycles. The number of nitrogens with zero attached hydrogens (tertiary/aromatic N) is 1. The number of carbonyl (C=O) groups excluding carboxylic acids is 2. The summed E-state index contributed by atoms with van der Waals surface area (Å²) in [7, 11) is 0. The molecule has 0 aliphatic rings. The molecule has 0 aliphatic carbocycles. The number of ether oxygens (including phenoxy) is 3. The van der Waals surface area contributed by atoms with Crippen molar-refractivity contribution in [2.24, 2.45) is 5.10 Å². The van der Waals surface area contributed by atoms with Crippen molar-refractivity contribution in [2.45, 2.75) is 13.3 Å². The summed E-state index contributed by atoms with van der Waals surface area (Å²) in [5, 5.41) is 4.67. The monoisotopic (exact) mass is 578 g/mol. The summed E-state index contributed by atoms with van der Waals surface area (Å²) in [5.74, 6) is 0.221. The molecular formula is C25H21BrCl2N2O5. The summed E-state index contributed by atoms with van der Waals surface area (Å²) in [4.78, 5) is 24.7. The third-order valence-corrected chi connectivity index (χ3v) is 5.41. The summed E-state index contributed by atoms with van der Waals surface area (Å²) >= 11 is 15.2. The van der Waals surface area contributed by atoms with Gasteiger partial charge < -0.3 is 14.2 Å². The number of carbonyl (C=O) groups is 2. The Bertz CT molecular complexity index is 1220. The summed E-state index contributed by atoms with van der Waals surface area (Å²) in [6.45, 7) is 2.31. The van der Waals surface area contributed by atoms with Crippen molar-refractivity contribution in [3.8, 4) is 17.2 Å². The average Bonchev–Trinajstić information content (AvgIpc) is 2.84. The van der Waals surface area contributed by atoms with Gasteiger partial charge in [0, 0.05) is 15.1 Å². The van der Waals surface area contributed by atoms with Gasteiger partial charge in [0.25, 0.3) is 5.91 Å². The molecule has 10 heteroatoms. The van der Waals surface area contributed by atoms with E-state index >= 15 is 0 Å². The van der Waals surface area contributed by atoms with E-state index in [1.165, 1.54) is 12.3 Å². The molecular weight excluding hydrogens is 559 g/mol. The fraction of sp³-hybridized carbons (Fsp3) is 0.160. The normalized spacial score (nSPS) is 10.7. The Morgan fingerprint density at radius 3 is 2.46 bits per heavy atom. The van der Waals surface area contributed by atoms with Crippen molar-refractivity contribution in [1.29, 1.82) is 0 Å². The van der Waals surface area contributed by atoms with Crippen LogP contribution in [0.5, 0.6) is 17.2 Å². The molecule has 0 saturated carbocycles. The molecule has 0 unspecified atom stereocenters. The van der Waals surface area contributed by atoms with Crippen molar-refractivity contribution in [3.05, 3.63) is 86.3 Å². The van der Waals surface area contributed by atoms with Crippen molar-refractivity contribution in [3.63, 3.8) is 0 Å². The first-order valence-electron chi connectivity index (χ1n) is 10.5. The van der Waals surface area contributed by atoms with Crippen LogP contribution < -0.4 is 19.6 Å². The lowest BCUT2D eigenvalue weighted by atomic mass is 10.2. The van der Waals surface area contributed by atoms with Crippen molar-refractivity contribution < 1.29 is 23.8 Å². The number of benzene rings is 3. The van der Waals surface area contributed by atoms with E-state index in [1.807, 2.05) is 6.92 Å². The van der Waals surface area contributed by atoms with E-state index in [0.717, 1.165) is 10.9 Å². The van der Waals surface area contributed by atoms with Crippen molar-refractivity contribution in [1.82, 2.24) is 5.43 Å². The molecule has 3 rings (SSSR count). The van der Waals surface area contributed by atoms with Gasteiger partial charge in [-0.1, -0.05) is 46.1 Å². The zero-order valence-electron chi connectivity index (χ0n) is 18.6. The van der Waals surface area contributed by atoms with Gasteiger partial charge in [0.15, 0.2) is 6.61 Å². The standard InChI is InChI=1S/C25H21BrCl2N2O5/c1-2-11-33-20-7-3-16(4-8-20)25(32)35-22-9-5-18(26)12-17(22)14-29-30-24(31)15-34-23-10-6-19(27)13-21(23)28/h3-10,12-14H,2,11,15H2,1H3,(H,30,31). The molecule has 0 saturated heterocycles. The van der Waals surface area contributed by atoms with E-state index < -0.39 is 11.9 Å². The summed E-state index contributed by atoms with van der Waals surface area (Å²) in [6, 6.07) is 16.4. The Balaban J connectivity index is 1.60. The van der Waals surface area contributed by atoms with Crippen LogP contribution in [-0.4, -0.2) is 31.3 Å². The largest absolute Gasteiger partial charge is 0.494 e. The highest BCUT2D eigenvalue weighted by atomic mass is 79.9. The first-order chi connectivity index (χ1) is 16.9. The molecule has 35 heavy (non-hydrogen) atoms. The molecule has 3 aromatic carbocycles. The third kappa shape index (κ3) is 8.28. The predicted molar refractivity (Wildman–Crippen MR) is 139 cm³/mol. The van der Waals surface area contributed by atoms with E-state index in [4.69, 9.17) is 37.4 Å². The fourth-order valence-electron chi connectivity index (χ4n) is 2.72. The van der Waals surface area contributed by atoms with Gasteiger partial charge in [0.2, 0.25) is 0 Å². The third-order valence-electron chi connectivity index (χ3n) is 4.38. The number of esters is 1. The Hall–Kier alpha value is -3.07. The molecule has 0 atom stereocenters. The maximum absolute atomic E-state index is 12.6. The lowest BCUT2D eigenvalue weighted by molar-refractivity contribution is -0.123. The SMILES string of the molecule is CCCOc1ccc(C(=O)Oc2ccc(Br)cc2C=NNC(=O)COc2ccc(Cl)cc2Cl)cc1. The maximum atomic E-state index is 12.6. The van der Waals surface area contributed by atoms with Gasteiger partial charge in [0.1, 0.15) is 17.2 Å². The fourth-order valence-corrected chi connectivity index (χ4v) is 3.56. The number of amides is 1. The minimum Gasteiger partial charge on any atom is -0.494 e. The van der Waals surface area contributed by atoms with E-state index in [1.54, 1.807) is 54.6 Å². The van der Waals surface area contributed by atoms with Crippen LogP contribution in [0.2, 0.25) is 10.0 Å². The zero-order valence-corrected chi connectivity index (χ0v) is 21.7. The number of nitrogens with one attached hydrogen (secondary N) is 1. The summed E-state index contributed by atoms with van der Waals surface area (Å²) in [6.07, 6.45) is 2.25. The van der Waals surface area contributed by atoms with Gasteiger partial charge in [-0.15, -0.1) is 0 Å². The first-order valence-corrected chi connectivity index (χ1v) is 12.0. The van der Waals surface area contributed by atoms with E-state index in [2.05, 4.69) is 26.5 Å². The predicted octanol–water partition coefficient (Wildman–Crippen LogP) is 6.29. The molecule has 182 valence electrons. The molecule has 0 fully saturated rings. The van der Waals surface area contributed by atoms with Crippen LogP contribution in [0, 0.1) is 0 Å². The number of hydrogen-bond acceptors (Lipinski definition) is 6. The Labute approximate surface area is 221 Å². The average molecular weight is 580 g/mol. The lowest BCUT2D eigenvalue weighted by Crippen LogP contribution is -2.24. The van der Waals surface area contributed by atoms with Crippen LogP contribution in [0.25, 0.3) is 0 Å². The van der Waals surface area contributed by atoms with Gasteiger partial charge >= 0.3 is 5.97 Å². The highest BCUT2D eigenvalue weighted by Gasteiger charge is 2.12. The molecule has 0 bridgehead atoms. The minimum atomic E-state index is -0.540. The highest BCUT2D eigenvalue weighted by Crippen LogP contribution is 2.27. The Kier molecular flexibility index (Phi) is 9.96. The van der Waals surface area contributed by atoms with Gasteiger partial charge in [0.05, 0.1) is 23.4 Å². The Morgan fingerprint density at radius 2 is 1.74 bits per heavy atom. The zero-order chi connectivity index (χ0) is 25.2. The van der Waals surface area contributed by atoms with Crippen LogP contribution in [0.3, 0.4) is 0 Å². The van der Waals surface area contributed by atoms with E-state index in [9.17, 15) is 9.59 Å². The molecule has 0 radical (unpaired) electrons. The van der Waals surface area contributed by atoms with Crippen molar-refractivity contribution in [2.75, 3.05) is 13.2 Å². The smallest absolute Gasteiger partial charge is 0.343 e. The van der Waals surface area contributed by atoms with Gasteiger partial charge in [-0.2, -0.15) is 5.10 Å². The quantitative estimate of drug-likeness (QED) is 0.132. The number of hydrogen-bond donors (Lipinski definition) is 1. The molecule has 7 nitrogen and oxygen atoms in total. The minimum absolute atomic E-state index is 0.270. The summed E-state index contributed by atoms with van der Waals surface area (Å²) in [5.41, 5.74) is 3.19. The molecule has 3 aromatic rings. The second-order valence-corrected chi connectivity index (χ2v) is 8.86. The van der Waals surface area contributed by atoms with Crippen LogP contribution in [0.4, 0.5) is 0 Å². The second-order valence-electron chi connectivity index (χ2n) is 7.10. The van der Waals surface area contributed by atoms with Crippen LogP contribution in [-0.2, 0) is 4.79 Å². The topological polar surface area (TPSA) is 86.2 Å². The maximum Gasteiger partial charge on any atom is 0.343 e. The summed E-state index contributed by atoms with van der Waals surface area (Å²) < 4.78 is 17.2. The van der Waals surface area contributed by atoms with Gasteiger partial charge in [-0.25, -0.2) is 10.2 Å². The van der Waals surface area contributed by atoms with Crippen molar-refractivity contribution >= 4 is 57.2 Å². The van der Waals surface area contributed by atoms with E-state index in [0.29, 0.717) is 34.3 Å². The molecule has 1 N–H and O–H groups in total. The van der Waals surface area contributed by atoms with Gasteiger partial charge in [-0.3, -0.25) is 4.79 Å². The molecule has 0 aromatic heterocycles. The van der Waals surface area contributed by atoms with Gasteiger partial charge in [-0.05, 0) is 67.1 Å². The number of hydrazone groups is 1. The molecule has 0 spiro atoms. The highest BCUT2D eigenvalue weighted by molar-refractivity contribution is 9.10. The lowest BCUT2D eigenvalue weighted by Gasteiger charge is -2.09. The van der Waals surface area contributed by atoms with Crippen LogP contribution in [0.15, 0.2) is 70.2 Å². The number of halogens is 3. The van der Waals surface area contributed by atoms with E-state index in [-0.39, 0.29) is 17.4 Å². The second kappa shape index (κ2) is 13.1. The first kappa shape index (κ1) is 26.5. The van der Waals surface area contributed by atoms with Crippen LogP contribution in [0.1, 0.15) is 29.3 Å². The Morgan fingerprint density at radius 1 is 1.00 bits per heavy atom. The molecule has 0 aliphatic heterocycles. The molecule has 1 amide bonds. The number of rotatable bonds is 10. The van der Waals surface area contributed by atoms with Crippen LogP contribution >= 0.6 is 39.1 Å².